The summed E-state index contributed by atoms with van der Waals surface area (Å²) in [6.07, 6.45) is 1.84. The minimum Gasteiger partial charge on any atom is -0.322 e. The average Bonchev–Trinajstić information content (AvgIpc) is 2.62. The number of likely N-dealkylation sites (N-methyl/N-ethyl adjacent to an activating group) is 1. The number of rotatable bonds is 4. The number of carbonyl (C=O) groups excluding carboxylic acids is 1. The van der Waals surface area contributed by atoms with Crippen LogP contribution in [-0.2, 0) is 0 Å². The first kappa shape index (κ1) is 17.5. The van der Waals surface area contributed by atoms with Crippen LogP contribution >= 0.6 is 11.6 Å². The van der Waals surface area contributed by atoms with E-state index in [2.05, 4.69) is 27.4 Å². The number of hydrogen-bond acceptors (Lipinski definition) is 4. The quantitative estimate of drug-likeness (QED) is 0.856. The molecule has 1 aliphatic heterocycles. The average molecular weight is 357 g/mol. The number of halogens is 1. The highest BCUT2D eigenvalue weighted by Gasteiger charge is 2.11. The number of carbonyl (C=O) groups is 1. The number of nitrogens with zero attached hydrogens (tertiary/aromatic N) is 3. The number of anilines is 1. The molecule has 0 unspecified atom stereocenters. The van der Waals surface area contributed by atoms with Crippen molar-refractivity contribution < 1.29 is 4.79 Å². The summed E-state index contributed by atoms with van der Waals surface area (Å²) in [5.74, 6) is -0.162. The van der Waals surface area contributed by atoms with Crippen LogP contribution in [0.5, 0.6) is 0 Å². The molecule has 2 aromatic rings. The summed E-state index contributed by atoms with van der Waals surface area (Å²) in [4.78, 5) is 14.6. The van der Waals surface area contributed by atoms with Crippen molar-refractivity contribution in [3.8, 4) is 0 Å². The van der Waals surface area contributed by atoms with Gasteiger partial charge in [-0.05, 0) is 49.0 Å². The Labute approximate surface area is 152 Å². The first-order valence-electron chi connectivity index (χ1n) is 8.24. The van der Waals surface area contributed by atoms with E-state index in [9.17, 15) is 4.79 Å². The zero-order valence-electron chi connectivity index (χ0n) is 14.2. The van der Waals surface area contributed by atoms with Crippen LogP contribution < -0.4 is 5.32 Å². The minimum atomic E-state index is -0.162. The van der Waals surface area contributed by atoms with E-state index in [-0.39, 0.29) is 5.91 Å². The van der Waals surface area contributed by atoms with Crippen molar-refractivity contribution in [2.75, 3.05) is 38.5 Å². The van der Waals surface area contributed by atoms with Gasteiger partial charge in [-0.3, -0.25) is 9.80 Å². The van der Waals surface area contributed by atoms with Gasteiger partial charge < -0.3 is 10.2 Å². The summed E-state index contributed by atoms with van der Waals surface area (Å²) in [6.45, 7) is 3.91. The van der Waals surface area contributed by atoms with Crippen molar-refractivity contribution in [2.45, 2.75) is 0 Å². The molecule has 130 valence electrons. The Hall–Kier alpha value is -2.37. The second kappa shape index (κ2) is 8.14. The molecule has 0 aliphatic carbocycles. The van der Waals surface area contributed by atoms with Gasteiger partial charge in [-0.15, -0.1) is 0 Å². The molecule has 0 bridgehead atoms. The number of benzene rings is 2. The van der Waals surface area contributed by atoms with Gasteiger partial charge in [0, 0.05) is 42.5 Å². The molecule has 0 spiro atoms. The fourth-order valence-corrected chi connectivity index (χ4v) is 2.69. The van der Waals surface area contributed by atoms with Crippen LogP contribution in [0.1, 0.15) is 15.9 Å². The third-order valence-electron chi connectivity index (χ3n) is 4.10. The number of piperazine rings is 1. The lowest BCUT2D eigenvalue weighted by molar-refractivity contribution is 0.102. The maximum atomic E-state index is 12.3. The van der Waals surface area contributed by atoms with Gasteiger partial charge in [-0.25, -0.2) is 0 Å². The van der Waals surface area contributed by atoms with E-state index >= 15 is 0 Å². The fourth-order valence-electron chi connectivity index (χ4n) is 2.56. The van der Waals surface area contributed by atoms with Crippen molar-refractivity contribution >= 4 is 29.4 Å². The molecule has 1 aliphatic rings. The Morgan fingerprint density at radius 3 is 2.56 bits per heavy atom. The van der Waals surface area contributed by atoms with E-state index in [0.717, 1.165) is 37.4 Å². The predicted octanol–water partition coefficient (Wildman–Crippen LogP) is 3.17. The Morgan fingerprint density at radius 2 is 1.84 bits per heavy atom. The van der Waals surface area contributed by atoms with E-state index < -0.39 is 0 Å². The number of hydrazone groups is 1. The van der Waals surface area contributed by atoms with Crippen LogP contribution in [0.15, 0.2) is 53.6 Å². The van der Waals surface area contributed by atoms with Crippen molar-refractivity contribution in [3.63, 3.8) is 0 Å². The molecule has 3 rings (SSSR count). The van der Waals surface area contributed by atoms with E-state index in [1.807, 2.05) is 30.5 Å². The monoisotopic (exact) mass is 356 g/mol. The Balaban J connectivity index is 1.63. The normalized spacial score (nSPS) is 15.5. The van der Waals surface area contributed by atoms with Gasteiger partial charge >= 0.3 is 0 Å². The molecule has 1 N–H and O–H groups in total. The SMILES string of the molecule is CN1CCN(N=Cc2cccc(NC(=O)c3ccc(Cl)cc3)c2)CC1. The lowest BCUT2D eigenvalue weighted by Crippen LogP contribution is -2.41. The van der Waals surface area contributed by atoms with Crippen LogP contribution in [-0.4, -0.2) is 55.3 Å². The highest BCUT2D eigenvalue weighted by molar-refractivity contribution is 6.30. The molecule has 1 heterocycles. The standard InChI is InChI=1S/C19H21ClN4O/c1-23-9-11-24(12-10-23)21-14-15-3-2-4-18(13-15)22-19(25)16-5-7-17(20)8-6-16/h2-8,13-14H,9-12H2,1H3,(H,22,25). The van der Waals surface area contributed by atoms with Crippen LogP contribution in [0.2, 0.25) is 5.02 Å². The molecular weight excluding hydrogens is 336 g/mol. The largest absolute Gasteiger partial charge is 0.322 e. The highest BCUT2D eigenvalue weighted by atomic mass is 35.5. The summed E-state index contributed by atoms with van der Waals surface area (Å²) in [6, 6.07) is 14.5. The second-order valence-electron chi connectivity index (χ2n) is 6.09. The first-order chi connectivity index (χ1) is 12.1. The molecule has 25 heavy (non-hydrogen) atoms. The van der Waals surface area contributed by atoms with Gasteiger partial charge in [0.15, 0.2) is 0 Å². The Bertz CT molecular complexity index is 752. The molecule has 0 atom stereocenters. The minimum absolute atomic E-state index is 0.162. The second-order valence-corrected chi connectivity index (χ2v) is 6.52. The summed E-state index contributed by atoms with van der Waals surface area (Å²) in [5, 5.41) is 10.1. The summed E-state index contributed by atoms with van der Waals surface area (Å²) < 4.78 is 0. The predicted molar refractivity (Wildman–Crippen MR) is 103 cm³/mol. The lowest BCUT2D eigenvalue weighted by Gasteiger charge is -2.30. The maximum absolute atomic E-state index is 12.3. The zero-order chi connectivity index (χ0) is 17.6. The summed E-state index contributed by atoms with van der Waals surface area (Å²) in [5.41, 5.74) is 2.26. The molecule has 1 amide bonds. The van der Waals surface area contributed by atoms with Gasteiger partial charge in [0.05, 0.1) is 6.21 Å². The summed E-state index contributed by atoms with van der Waals surface area (Å²) >= 11 is 5.85. The van der Waals surface area contributed by atoms with Crippen molar-refractivity contribution in [1.29, 1.82) is 0 Å². The number of nitrogens with one attached hydrogen (secondary N) is 1. The van der Waals surface area contributed by atoms with Crippen LogP contribution in [0.3, 0.4) is 0 Å². The lowest BCUT2D eigenvalue weighted by atomic mass is 10.2. The van der Waals surface area contributed by atoms with Gasteiger partial charge in [0.1, 0.15) is 0 Å². The van der Waals surface area contributed by atoms with E-state index in [4.69, 9.17) is 11.6 Å². The van der Waals surface area contributed by atoms with Gasteiger partial charge in [0.25, 0.3) is 5.91 Å². The van der Waals surface area contributed by atoms with E-state index in [1.165, 1.54) is 0 Å². The van der Waals surface area contributed by atoms with Crippen LogP contribution in [0.25, 0.3) is 0 Å². The van der Waals surface area contributed by atoms with Gasteiger partial charge in [0.2, 0.25) is 0 Å². The first-order valence-corrected chi connectivity index (χ1v) is 8.62. The molecule has 5 nitrogen and oxygen atoms in total. The molecule has 1 saturated heterocycles. The Morgan fingerprint density at radius 1 is 1.12 bits per heavy atom. The third-order valence-corrected chi connectivity index (χ3v) is 4.35. The molecular formula is C19H21ClN4O. The third kappa shape index (κ3) is 5.05. The van der Waals surface area contributed by atoms with Crippen molar-refractivity contribution in [3.05, 3.63) is 64.7 Å². The molecule has 1 fully saturated rings. The Kier molecular flexibility index (Phi) is 5.68. The van der Waals surface area contributed by atoms with Crippen molar-refractivity contribution in [1.82, 2.24) is 9.91 Å². The van der Waals surface area contributed by atoms with E-state index in [1.54, 1.807) is 24.3 Å². The molecule has 2 aromatic carbocycles. The van der Waals surface area contributed by atoms with Crippen molar-refractivity contribution in [2.24, 2.45) is 5.10 Å². The molecule has 0 saturated carbocycles. The van der Waals surface area contributed by atoms with Crippen LogP contribution in [0.4, 0.5) is 5.69 Å². The molecule has 0 aromatic heterocycles. The smallest absolute Gasteiger partial charge is 0.255 e. The highest BCUT2D eigenvalue weighted by Crippen LogP contribution is 2.14. The van der Waals surface area contributed by atoms with E-state index in [0.29, 0.717) is 10.6 Å². The van der Waals surface area contributed by atoms with Gasteiger partial charge in [-0.2, -0.15) is 5.10 Å². The molecule has 0 radical (unpaired) electrons. The fraction of sp³-hybridized carbons (Fsp3) is 0.263. The molecule has 6 heteroatoms. The topological polar surface area (TPSA) is 47.9 Å². The summed E-state index contributed by atoms with van der Waals surface area (Å²) in [7, 11) is 2.12. The van der Waals surface area contributed by atoms with Crippen LogP contribution in [0, 0.1) is 0 Å². The maximum Gasteiger partial charge on any atom is 0.255 e. The van der Waals surface area contributed by atoms with Gasteiger partial charge in [-0.1, -0.05) is 23.7 Å². The zero-order valence-corrected chi connectivity index (χ0v) is 14.9. The number of amides is 1. The number of hydrogen-bond donors (Lipinski definition) is 1.